The number of thioether (sulfide) groups is 2. The summed E-state index contributed by atoms with van der Waals surface area (Å²) in [5.74, 6) is 1.62. The first-order valence-electron chi connectivity index (χ1n) is 2.96. The summed E-state index contributed by atoms with van der Waals surface area (Å²) in [6.45, 7) is 0. The van der Waals surface area contributed by atoms with Crippen LogP contribution in [0, 0.1) is 0 Å². The fourth-order valence-electron chi connectivity index (χ4n) is 0.510. The van der Waals surface area contributed by atoms with Crippen molar-refractivity contribution in [3.63, 3.8) is 0 Å². The Balaban J connectivity index is 3.96. The van der Waals surface area contributed by atoms with Crippen molar-refractivity contribution in [1.82, 2.24) is 0 Å². The lowest BCUT2D eigenvalue weighted by Crippen LogP contribution is -2.25. The fraction of sp³-hybridized carbons (Fsp3) is 1.00. The molecule has 0 aromatic rings. The van der Waals surface area contributed by atoms with E-state index in [1.165, 1.54) is 0 Å². The molecule has 0 radical (unpaired) electrons. The van der Waals surface area contributed by atoms with Gasteiger partial charge in [-0.05, 0) is 0 Å². The Bertz CT molecular complexity index is 83.0. The lowest BCUT2D eigenvalue weighted by molar-refractivity contribution is 1.08. The average Bonchev–Trinajstić information content (AvgIpc) is 2.04. The van der Waals surface area contributed by atoms with Crippen molar-refractivity contribution >= 4 is 74.0 Å². The summed E-state index contributed by atoms with van der Waals surface area (Å²) in [5.41, 5.74) is 0. The Labute approximate surface area is 99.1 Å². The molecule has 0 nitrogen and oxygen atoms in total. The van der Waals surface area contributed by atoms with Crippen LogP contribution in [0.5, 0.6) is 0 Å². The quantitative estimate of drug-likeness (QED) is 0.430. The third kappa shape index (κ3) is 4.76. The summed E-state index contributed by atoms with van der Waals surface area (Å²) in [6.07, 6.45) is 0. The van der Waals surface area contributed by atoms with Gasteiger partial charge in [0.15, 0.2) is 0 Å². The maximum Gasteiger partial charge on any atom is 0.0802 e. The zero-order valence-electron chi connectivity index (χ0n) is 5.93. The molecular formula is C5H12S6. The first-order chi connectivity index (χ1) is 5.24. The molecule has 6 heteroatoms. The fourth-order valence-corrected chi connectivity index (χ4v) is 5.53. The molecule has 0 fully saturated rings. The molecule has 0 saturated carbocycles. The van der Waals surface area contributed by atoms with Gasteiger partial charge in [0.05, 0.1) is 4.08 Å². The summed E-state index contributed by atoms with van der Waals surface area (Å²) < 4.78 is 0.0930. The number of rotatable bonds is 6. The third-order valence-corrected chi connectivity index (χ3v) is 6.44. The molecule has 0 saturated heterocycles. The summed E-state index contributed by atoms with van der Waals surface area (Å²) in [7, 11) is 0. The van der Waals surface area contributed by atoms with Gasteiger partial charge in [0, 0.05) is 21.7 Å². The van der Waals surface area contributed by atoms with Gasteiger partial charge in [-0.25, -0.2) is 0 Å². The zero-order chi connectivity index (χ0) is 8.74. The van der Waals surface area contributed by atoms with Crippen molar-refractivity contribution < 1.29 is 0 Å². The van der Waals surface area contributed by atoms with E-state index in [9.17, 15) is 0 Å². The monoisotopic (exact) mass is 264 g/mol. The van der Waals surface area contributed by atoms with Gasteiger partial charge in [0.2, 0.25) is 0 Å². The van der Waals surface area contributed by atoms with Gasteiger partial charge in [-0.2, -0.15) is 50.5 Å². The minimum atomic E-state index is 0.0930. The topological polar surface area (TPSA) is 0 Å². The highest BCUT2D eigenvalue weighted by molar-refractivity contribution is 8.25. The van der Waals surface area contributed by atoms with Crippen molar-refractivity contribution in [1.29, 1.82) is 0 Å². The van der Waals surface area contributed by atoms with Crippen LogP contribution < -0.4 is 0 Å². The van der Waals surface area contributed by atoms with Crippen molar-refractivity contribution in [3.05, 3.63) is 0 Å². The molecule has 0 aromatic heterocycles. The zero-order valence-corrected chi connectivity index (χ0v) is 11.1. The second-order valence-electron chi connectivity index (χ2n) is 1.77. The van der Waals surface area contributed by atoms with Gasteiger partial charge < -0.3 is 0 Å². The summed E-state index contributed by atoms with van der Waals surface area (Å²) in [4.78, 5) is 0. The van der Waals surface area contributed by atoms with Crippen LogP contribution in [0.25, 0.3) is 0 Å². The lowest BCUT2D eigenvalue weighted by atomic mass is 10.5. The predicted octanol–water partition coefficient (Wildman–Crippen LogP) is 2.78. The number of thiol groups is 4. The second-order valence-corrected chi connectivity index (χ2v) is 6.87. The van der Waals surface area contributed by atoms with Gasteiger partial charge in [0.1, 0.15) is 0 Å². The highest BCUT2D eigenvalue weighted by atomic mass is 32.2. The van der Waals surface area contributed by atoms with Crippen LogP contribution in [0.1, 0.15) is 0 Å². The van der Waals surface area contributed by atoms with Gasteiger partial charge in [-0.1, -0.05) is 0 Å². The van der Waals surface area contributed by atoms with E-state index in [0.29, 0.717) is 0 Å². The molecule has 0 atom stereocenters. The van der Waals surface area contributed by atoms with Crippen LogP contribution in [-0.2, 0) is 0 Å². The van der Waals surface area contributed by atoms with E-state index in [-0.39, 0.29) is 4.08 Å². The molecule has 11 heavy (non-hydrogen) atoms. The lowest BCUT2D eigenvalue weighted by Gasteiger charge is -2.27. The molecule has 0 aliphatic rings. The van der Waals surface area contributed by atoms with E-state index >= 15 is 0 Å². The average molecular weight is 265 g/mol. The minimum Gasteiger partial charge on any atom is -0.177 e. The predicted molar refractivity (Wildman–Crippen MR) is 73.3 cm³/mol. The Morgan fingerprint density at radius 1 is 0.818 bits per heavy atom. The van der Waals surface area contributed by atoms with E-state index in [2.05, 4.69) is 50.5 Å². The number of hydrogen-bond acceptors (Lipinski definition) is 6. The highest BCUT2D eigenvalue weighted by Gasteiger charge is 2.26. The number of hydrogen-bond donors (Lipinski definition) is 4. The van der Waals surface area contributed by atoms with E-state index in [1.54, 1.807) is 23.5 Å². The summed E-state index contributed by atoms with van der Waals surface area (Å²) in [6, 6.07) is 0. The Morgan fingerprint density at radius 2 is 1.18 bits per heavy atom. The maximum absolute atomic E-state index is 4.29. The van der Waals surface area contributed by atoms with Crippen molar-refractivity contribution in [2.24, 2.45) is 0 Å². The van der Waals surface area contributed by atoms with Crippen molar-refractivity contribution in [2.75, 3.05) is 21.7 Å². The van der Waals surface area contributed by atoms with E-state index in [4.69, 9.17) is 0 Å². The molecule has 0 rings (SSSR count). The molecule has 0 amide bonds. The van der Waals surface area contributed by atoms with E-state index in [1.807, 2.05) is 0 Å². The molecule has 0 aromatic carbocycles. The third-order valence-electron chi connectivity index (χ3n) is 1.14. The van der Waals surface area contributed by atoms with Gasteiger partial charge in [0.25, 0.3) is 0 Å². The Kier molecular flexibility index (Phi) is 8.93. The van der Waals surface area contributed by atoms with Gasteiger partial charge >= 0.3 is 0 Å². The summed E-state index contributed by atoms with van der Waals surface area (Å²) >= 11 is 20.5. The van der Waals surface area contributed by atoms with Crippen LogP contribution >= 0.6 is 74.0 Å². The normalized spacial score (nSPS) is 12.0. The molecule has 0 aliphatic heterocycles. The van der Waals surface area contributed by atoms with Gasteiger partial charge in [-0.15, -0.1) is 23.5 Å². The minimum absolute atomic E-state index is 0.0930. The van der Waals surface area contributed by atoms with Crippen LogP contribution in [0.3, 0.4) is 0 Å². The molecule has 0 spiro atoms. The molecule has 0 aliphatic carbocycles. The molecular weight excluding hydrogens is 252 g/mol. The maximum atomic E-state index is 4.29. The van der Waals surface area contributed by atoms with Gasteiger partial charge in [-0.3, -0.25) is 0 Å². The first kappa shape index (κ1) is 13.1. The molecule has 0 unspecified atom stereocenters. The Morgan fingerprint density at radius 3 is 1.36 bits per heavy atom. The molecule has 0 bridgehead atoms. The first-order valence-corrected chi connectivity index (χ1v) is 7.46. The molecule has 0 N–H and O–H groups in total. The molecule has 68 valence electrons. The SMILES string of the molecule is SCSC(CS)(CS)SCS. The standard InChI is InChI=1S/C5H12S6/c6-1-5(2-7,10-3-8)11-4-9/h6-9H,1-4H2. The van der Waals surface area contributed by atoms with Crippen LogP contribution in [0.4, 0.5) is 0 Å². The van der Waals surface area contributed by atoms with E-state index in [0.717, 1.165) is 21.7 Å². The Hall–Kier alpha value is 2.10. The van der Waals surface area contributed by atoms with Crippen LogP contribution in [0.15, 0.2) is 0 Å². The smallest absolute Gasteiger partial charge is 0.0802 e. The van der Waals surface area contributed by atoms with Crippen LogP contribution in [0.2, 0.25) is 0 Å². The van der Waals surface area contributed by atoms with E-state index < -0.39 is 0 Å². The van der Waals surface area contributed by atoms with Crippen LogP contribution in [-0.4, -0.2) is 25.8 Å². The summed E-state index contributed by atoms with van der Waals surface area (Å²) in [5, 5.41) is 1.61. The van der Waals surface area contributed by atoms with Crippen molar-refractivity contribution in [3.8, 4) is 0 Å². The molecule has 0 heterocycles. The highest BCUT2D eigenvalue weighted by Crippen LogP contribution is 2.40. The second kappa shape index (κ2) is 7.50. The largest absolute Gasteiger partial charge is 0.177 e. The van der Waals surface area contributed by atoms with Crippen molar-refractivity contribution in [2.45, 2.75) is 4.08 Å².